The van der Waals surface area contributed by atoms with Gasteiger partial charge < -0.3 is 9.47 Å². The van der Waals surface area contributed by atoms with Crippen molar-refractivity contribution < 1.29 is 19.1 Å². The van der Waals surface area contributed by atoms with Gasteiger partial charge in [0.25, 0.3) is 0 Å². The molecule has 0 fully saturated rings. The molecule has 0 amide bonds. The van der Waals surface area contributed by atoms with E-state index in [0.717, 1.165) is 6.42 Å². The summed E-state index contributed by atoms with van der Waals surface area (Å²) in [7, 11) is 0. The first-order valence-electron chi connectivity index (χ1n) is 4.63. The second-order valence-corrected chi connectivity index (χ2v) is 2.64. The van der Waals surface area contributed by atoms with E-state index in [1.54, 1.807) is 13.0 Å². The van der Waals surface area contributed by atoms with Gasteiger partial charge >= 0.3 is 11.9 Å². The first-order chi connectivity index (χ1) is 6.66. The highest BCUT2D eigenvalue weighted by atomic mass is 16.5. The van der Waals surface area contributed by atoms with E-state index in [1.165, 1.54) is 13.0 Å². The third kappa shape index (κ3) is 8.77. The molecule has 0 aromatic rings. The van der Waals surface area contributed by atoms with Gasteiger partial charge in [-0.3, -0.25) is 4.79 Å². The highest BCUT2D eigenvalue weighted by Crippen LogP contribution is 1.93. The summed E-state index contributed by atoms with van der Waals surface area (Å²) in [6.07, 6.45) is 4.51. The molecule has 4 nitrogen and oxygen atoms in total. The first kappa shape index (κ1) is 12.7. The van der Waals surface area contributed by atoms with Gasteiger partial charge in [0.1, 0.15) is 0 Å². The Labute approximate surface area is 83.9 Å². The number of ether oxygens (including phenoxy) is 2. The van der Waals surface area contributed by atoms with Crippen LogP contribution in [0.5, 0.6) is 0 Å². The third-order valence-electron chi connectivity index (χ3n) is 1.36. The Morgan fingerprint density at radius 3 is 2.57 bits per heavy atom. The van der Waals surface area contributed by atoms with Crippen LogP contribution < -0.4 is 0 Å². The zero-order valence-electron chi connectivity index (χ0n) is 8.62. The molecule has 0 aliphatic rings. The van der Waals surface area contributed by atoms with Crippen molar-refractivity contribution in [2.45, 2.75) is 26.7 Å². The Morgan fingerprint density at radius 2 is 2.00 bits per heavy atom. The number of allylic oxidation sites excluding steroid dienone is 1. The molecule has 0 aliphatic carbocycles. The van der Waals surface area contributed by atoms with Crippen LogP contribution >= 0.6 is 0 Å². The van der Waals surface area contributed by atoms with Gasteiger partial charge in [0.2, 0.25) is 0 Å². The molecule has 0 aromatic heterocycles. The fourth-order valence-corrected chi connectivity index (χ4v) is 0.787. The highest BCUT2D eigenvalue weighted by molar-refractivity contribution is 5.81. The maximum absolute atomic E-state index is 10.8. The smallest absolute Gasteiger partial charge is 0.330 e. The predicted molar refractivity (Wildman–Crippen MR) is 51.6 cm³/mol. The molecule has 0 unspecified atom stereocenters. The maximum atomic E-state index is 10.8. The third-order valence-corrected chi connectivity index (χ3v) is 1.36. The van der Waals surface area contributed by atoms with Crippen LogP contribution in [-0.4, -0.2) is 25.2 Å². The van der Waals surface area contributed by atoms with Crippen LogP contribution in [0.1, 0.15) is 26.7 Å². The van der Waals surface area contributed by atoms with E-state index in [9.17, 15) is 9.59 Å². The van der Waals surface area contributed by atoms with Crippen LogP contribution in [0.25, 0.3) is 0 Å². The minimum Gasteiger partial charge on any atom is -0.466 e. The molecule has 0 heterocycles. The molecular weight excluding hydrogens is 184 g/mol. The van der Waals surface area contributed by atoms with Crippen LogP contribution in [0.15, 0.2) is 12.2 Å². The lowest BCUT2D eigenvalue weighted by Crippen LogP contribution is -2.00. The Hall–Kier alpha value is -1.32. The summed E-state index contributed by atoms with van der Waals surface area (Å²) in [5.41, 5.74) is 0. The molecule has 0 rings (SSSR count). The summed E-state index contributed by atoms with van der Waals surface area (Å²) in [5, 5.41) is 0. The molecule has 0 bridgehead atoms. The molecule has 0 atom stereocenters. The van der Waals surface area contributed by atoms with E-state index < -0.39 is 0 Å². The fourth-order valence-electron chi connectivity index (χ4n) is 0.787. The topological polar surface area (TPSA) is 52.6 Å². The predicted octanol–water partition coefficient (Wildman–Crippen LogP) is 1.45. The summed E-state index contributed by atoms with van der Waals surface area (Å²) < 4.78 is 9.38. The van der Waals surface area contributed by atoms with Gasteiger partial charge in [-0.1, -0.05) is 6.08 Å². The summed E-state index contributed by atoms with van der Waals surface area (Å²) in [6.45, 7) is 3.90. The standard InChI is InChI=1S/C10H16O4/c1-3-13-10(12)7-5-4-6-8-14-9(2)11/h5,7H,3-4,6,8H2,1-2H3/b7-5+. The van der Waals surface area contributed by atoms with Crippen LogP contribution in [0, 0.1) is 0 Å². The number of esters is 2. The summed E-state index contributed by atoms with van der Waals surface area (Å²) in [6, 6.07) is 0. The van der Waals surface area contributed by atoms with Gasteiger partial charge in [-0.05, 0) is 19.8 Å². The van der Waals surface area contributed by atoms with Crippen molar-refractivity contribution >= 4 is 11.9 Å². The molecule has 0 aromatic carbocycles. The molecule has 0 spiro atoms. The average Bonchev–Trinajstić information content (AvgIpc) is 2.11. The summed E-state index contributed by atoms with van der Waals surface area (Å²) >= 11 is 0. The van der Waals surface area contributed by atoms with Crippen molar-refractivity contribution in [2.24, 2.45) is 0 Å². The number of unbranched alkanes of at least 4 members (excludes halogenated alkanes) is 1. The molecule has 0 radical (unpaired) electrons. The molecule has 80 valence electrons. The maximum Gasteiger partial charge on any atom is 0.330 e. The van der Waals surface area contributed by atoms with Gasteiger partial charge in [-0.15, -0.1) is 0 Å². The SMILES string of the molecule is CCOC(=O)/C=C/CCCOC(C)=O. The monoisotopic (exact) mass is 200 g/mol. The molecule has 0 saturated carbocycles. The number of carbonyl (C=O) groups is 2. The first-order valence-corrected chi connectivity index (χ1v) is 4.63. The van der Waals surface area contributed by atoms with Crippen LogP contribution in [0.4, 0.5) is 0 Å². The number of rotatable bonds is 6. The van der Waals surface area contributed by atoms with Crippen molar-refractivity contribution in [3.8, 4) is 0 Å². The second kappa shape index (κ2) is 8.29. The van der Waals surface area contributed by atoms with Gasteiger partial charge in [-0.2, -0.15) is 0 Å². The minimum absolute atomic E-state index is 0.278. The lowest BCUT2D eigenvalue weighted by Gasteiger charge is -1.98. The number of hydrogen-bond acceptors (Lipinski definition) is 4. The van der Waals surface area contributed by atoms with Crippen molar-refractivity contribution in [2.75, 3.05) is 13.2 Å². The van der Waals surface area contributed by atoms with E-state index in [0.29, 0.717) is 19.6 Å². The summed E-state index contributed by atoms with van der Waals surface area (Å²) in [5.74, 6) is -0.612. The lowest BCUT2D eigenvalue weighted by molar-refractivity contribution is -0.141. The summed E-state index contributed by atoms with van der Waals surface area (Å²) in [4.78, 5) is 21.1. The number of hydrogen-bond donors (Lipinski definition) is 0. The molecule has 0 N–H and O–H groups in total. The van der Waals surface area contributed by atoms with Crippen LogP contribution in [0.3, 0.4) is 0 Å². The van der Waals surface area contributed by atoms with Crippen molar-refractivity contribution in [1.29, 1.82) is 0 Å². The largest absolute Gasteiger partial charge is 0.466 e. The Bertz CT molecular complexity index is 208. The molecular formula is C10H16O4. The minimum atomic E-state index is -0.333. The highest BCUT2D eigenvalue weighted by Gasteiger charge is 1.93. The van der Waals surface area contributed by atoms with E-state index in [2.05, 4.69) is 4.74 Å². The van der Waals surface area contributed by atoms with Crippen LogP contribution in [0.2, 0.25) is 0 Å². The van der Waals surface area contributed by atoms with E-state index in [4.69, 9.17) is 4.74 Å². The van der Waals surface area contributed by atoms with Crippen molar-refractivity contribution in [3.63, 3.8) is 0 Å². The normalized spacial score (nSPS) is 10.1. The van der Waals surface area contributed by atoms with Gasteiger partial charge in [0, 0.05) is 13.0 Å². The van der Waals surface area contributed by atoms with Crippen LogP contribution in [-0.2, 0) is 19.1 Å². The zero-order valence-corrected chi connectivity index (χ0v) is 8.62. The van der Waals surface area contributed by atoms with E-state index >= 15 is 0 Å². The molecule has 4 heteroatoms. The van der Waals surface area contributed by atoms with E-state index in [1.807, 2.05) is 0 Å². The Morgan fingerprint density at radius 1 is 1.29 bits per heavy atom. The van der Waals surface area contributed by atoms with Crippen molar-refractivity contribution in [1.82, 2.24) is 0 Å². The molecule has 0 saturated heterocycles. The fraction of sp³-hybridized carbons (Fsp3) is 0.600. The van der Waals surface area contributed by atoms with Gasteiger partial charge in [-0.25, -0.2) is 4.79 Å². The Kier molecular flexibility index (Phi) is 7.50. The quantitative estimate of drug-likeness (QED) is 0.370. The molecule has 14 heavy (non-hydrogen) atoms. The number of carbonyl (C=O) groups excluding carboxylic acids is 2. The van der Waals surface area contributed by atoms with Gasteiger partial charge in [0.15, 0.2) is 0 Å². The second-order valence-electron chi connectivity index (χ2n) is 2.64. The van der Waals surface area contributed by atoms with Gasteiger partial charge in [0.05, 0.1) is 13.2 Å². The molecule has 0 aliphatic heterocycles. The lowest BCUT2D eigenvalue weighted by atomic mass is 10.3. The van der Waals surface area contributed by atoms with E-state index in [-0.39, 0.29) is 11.9 Å². The zero-order chi connectivity index (χ0) is 10.8. The Balaban J connectivity index is 3.35. The average molecular weight is 200 g/mol. The van der Waals surface area contributed by atoms with Crippen molar-refractivity contribution in [3.05, 3.63) is 12.2 Å².